The van der Waals surface area contributed by atoms with Crippen LogP contribution in [0.25, 0.3) is 10.9 Å². The fraction of sp³-hybridized carbons (Fsp3) is 0.286. The molecule has 0 bridgehead atoms. The molecule has 0 aliphatic rings. The van der Waals surface area contributed by atoms with Crippen LogP contribution in [-0.4, -0.2) is 15.6 Å². The second-order valence-electron chi connectivity index (χ2n) is 4.56. The van der Waals surface area contributed by atoms with Gasteiger partial charge in [0.05, 0.1) is 5.52 Å². The normalized spacial score (nSPS) is 11.0. The quantitative estimate of drug-likeness (QED) is 0.941. The van der Waals surface area contributed by atoms with Gasteiger partial charge in [0.15, 0.2) is 11.6 Å². The number of aryl methyl sites for hydroxylation is 2. The van der Waals surface area contributed by atoms with Gasteiger partial charge >= 0.3 is 5.97 Å². The van der Waals surface area contributed by atoms with Crippen LogP contribution >= 0.6 is 0 Å². The summed E-state index contributed by atoms with van der Waals surface area (Å²) >= 11 is 0. The Morgan fingerprint density at radius 2 is 2.05 bits per heavy atom. The topological polar surface area (TPSA) is 59.3 Å². The lowest BCUT2D eigenvalue weighted by Crippen LogP contribution is -2.20. The number of aromatic nitrogens is 1. The largest absolute Gasteiger partial charge is 0.477 e. The van der Waals surface area contributed by atoms with Gasteiger partial charge in [-0.2, -0.15) is 0 Å². The Labute approximate surface area is 113 Å². The summed E-state index contributed by atoms with van der Waals surface area (Å²) < 4.78 is 28.6. The van der Waals surface area contributed by atoms with Crippen molar-refractivity contribution in [2.24, 2.45) is 0 Å². The Bertz CT molecular complexity index is 765. The molecule has 0 fully saturated rings. The monoisotopic (exact) mass is 281 g/mol. The second-order valence-corrected chi connectivity index (χ2v) is 4.56. The number of aromatic carboxylic acids is 1. The van der Waals surface area contributed by atoms with E-state index in [1.807, 2.05) is 6.92 Å². The Balaban J connectivity index is 3.02. The summed E-state index contributed by atoms with van der Waals surface area (Å²) in [5.74, 6) is -3.56. The summed E-state index contributed by atoms with van der Waals surface area (Å²) in [6, 6.07) is 0.762. The summed E-state index contributed by atoms with van der Waals surface area (Å²) in [4.78, 5) is 23.1. The Kier molecular flexibility index (Phi) is 3.57. The SMILES string of the molecule is CCCn1cc(C(=O)O)c(=O)c2cc(F)c(F)c(C)c21. The molecule has 6 heteroatoms. The van der Waals surface area contributed by atoms with E-state index in [2.05, 4.69) is 0 Å². The third kappa shape index (κ3) is 2.07. The molecule has 0 amide bonds. The van der Waals surface area contributed by atoms with Crippen LogP contribution in [0.1, 0.15) is 29.3 Å². The van der Waals surface area contributed by atoms with Crippen LogP contribution in [0.2, 0.25) is 0 Å². The summed E-state index contributed by atoms with van der Waals surface area (Å²) in [6.07, 6.45) is 1.84. The summed E-state index contributed by atoms with van der Waals surface area (Å²) in [5, 5.41) is 8.91. The van der Waals surface area contributed by atoms with Gasteiger partial charge in [-0.3, -0.25) is 4.79 Å². The lowest BCUT2D eigenvalue weighted by atomic mass is 10.1. The molecule has 1 heterocycles. The van der Waals surface area contributed by atoms with Crippen molar-refractivity contribution < 1.29 is 18.7 Å². The van der Waals surface area contributed by atoms with E-state index in [9.17, 15) is 18.4 Å². The van der Waals surface area contributed by atoms with Gasteiger partial charge in [0.1, 0.15) is 5.56 Å². The highest BCUT2D eigenvalue weighted by atomic mass is 19.2. The van der Waals surface area contributed by atoms with Gasteiger partial charge in [-0.25, -0.2) is 13.6 Å². The second kappa shape index (κ2) is 5.03. The van der Waals surface area contributed by atoms with Crippen molar-refractivity contribution in [1.82, 2.24) is 4.57 Å². The summed E-state index contributed by atoms with van der Waals surface area (Å²) in [6.45, 7) is 3.63. The first-order chi connectivity index (χ1) is 9.38. The third-order valence-corrected chi connectivity index (χ3v) is 3.18. The minimum atomic E-state index is -1.39. The van der Waals surface area contributed by atoms with Gasteiger partial charge < -0.3 is 9.67 Å². The first-order valence-corrected chi connectivity index (χ1v) is 6.13. The fourth-order valence-electron chi connectivity index (χ4n) is 2.28. The van der Waals surface area contributed by atoms with Crippen molar-refractivity contribution in [3.8, 4) is 0 Å². The molecule has 20 heavy (non-hydrogen) atoms. The highest BCUT2D eigenvalue weighted by Crippen LogP contribution is 2.22. The highest BCUT2D eigenvalue weighted by molar-refractivity contribution is 5.93. The van der Waals surface area contributed by atoms with Crippen molar-refractivity contribution in [2.45, 2.75) is 26.8 Å². The van der Waals surface area contributed by atoms with Crippen LogP contribution < -0.4 is 5.43 Å². The average Bonchev–Trinajstić information content (AvgIpc) is 2.39. The predicted octanol–water partition coefficient (Wildman–Crippen LogP) is 2.70. The van der Waals surface area contributed by atoms with Gasteiger partial charge in [-0.15, -0.1) is 0 Å². The minimum Gasteiger partial charge on any atom is -0.477 e. The number of hydrogen-bond acceptors (Lipinski definition) is 2. The molecule has 2 rings (SSSR count). The highest BCUT2D eigenvalue weighted by Gasteiger charge is 2.19. The molecule has 0 aliphatic carbocycles. The van der Waals surface area contributed by atoms with Gasteiger partial charge in [0, 0.05) is 23.7 Å². The van der Waals surface area contributed by atoms with Crippen molar-refractivity contribution in [3.05, 3.63) is 45.2 Å². The van der Waals surface area contributed by atoms with Crippen molar-refractivity contribution in [3.63, 3.8) is 0 Å². The average molecular weight is 281 g/mol. The molecular formula is C14H13F2NO3. The zero-order valence-electron chi connectivity index (χ0n) is 11.0. The van der Waals surface area contributed by atoms with E-state index >= 15 is 0 Å². The Hall–Kier alpha value is -2.24. The number of carbonyl (C=O) groups is 1. The van der Waals surface area contributed by atoms with Crippen LogP contribution in [0.3, 0.4) is 0 Å². The zero-order chi connectivity index (χ0) is 15.0. The fourth-order valence-corrected chi connectivity index (χ4v) is 2.28. The van der Waals surface area contributed by atoms with Gasteiger partial charge in [0.25, 0.3) is 0 Å². The number of fused-ring (bicyclic) bond motifs is 1. The third-order valence-electron chi connectivity index (χ3n) is 3.18. The maximum absolute atomic E-state index is 13.7. The molecule has 2 aromatic rings. The summed E-state index contributed by atoms with van der Waals surface area (Å²) in [7, 11) is 0. The molecule has 1 aromatic carbocycles. The van der Waals surface area contributed by atoms with Crippen LogP contribution in [0.15, 0.2) is 17.1 Å². The Morgan fingerprint density at radius 1 is 1.40 bits per heavy atom. The first-order valence-electron chi connectivity index (χ1n) is 6.13. The Morgan fingerprint density at radius 3 is 2.60 bits per heavy atom. The standard InChI is InChI=1S/C14H13F2NO3/c1-3-4-17-6-9(14(19)20)13(18)8-5-10(15)11(16)7(2)12(8)17/h5-6H,3-4H2,1-2H3,(H,19,20). The van der Waals surface area contributed by atoms with Crippen LogP contribution in [0, 0.1) is 18.6 Å². The maximum Gasteiger partial charge on any atom is 0.341 e. The molecule has 106 valence electrons. The van der Waals surface area contributed by atoms with Crippen LogP contribution in [-0.2, 0) is 6.54 Å². The van der Waals surface area contributed by atoms with Gasteiger partial charge in [0.2, 0.25) is 5.43 Å². The molecule has 0 radical (unpaired) electrons. The summed E-state index contributed by atoms with van der Waals surface area (Å²) in [5.41, 5.74) is -1.01. The van der Waals surface area contributed by atoms with E-state index in [1.165, 1.54) is 17.7 Å². The van der Waals surface area contributed by atoms with Crippen LogP contribution in [0.5, 0.6) is 0 Å². The van der Waals surface area contributed by atoms with E-state index < -0.39 is 28.6 Å². The van der Waals surface area contributed by atoms with E-state index in [0.29, 0.717) is 13.0 Å². The molecular weight excluding hydrogens is 268 g/mol. The van der Waals surface area contributed by atoms with E-state index in [4.69, 9.17) is 5.11 Å². The number of benzene rings is 1. The van der Waals surface area contributed by atoms with E-state index in [1.54, 1.807) is 0 Å². The minimum absolute atomic E-state index is 0.00230. The lowest BCUT2D eigenvalue weighted by molar-refractivity contribution is 0.0695. The lowest BCUT2D eigenvalue weighted by Gasteiger charge is -2.14. The van der Waals surface area contributed by atoms with Crippen molar-refractivity contribution >= 4 is 16.9 Å². The molecule has 0 saturated heterocycles. The van der Waals surface area contributed by atoms with Gasteiger partial charge in [-0.05, 0) is 19.4 Å². The number of carboxylic acids is 1. The number of nitrogens with zero attached hydrogens (tertiary/aromatic N) is 1. The molecule has 0 spiro atoms. The molecule has 0 saturated carbocycles. The number of halogens is 2. The zero-order valence-corrected chi connectivity index (χ0v) is 11.0. The number of carboxylic acid groups (broad SMARTS) is 1. The van der Waals surface area contributed by atoms with Crippen LogP contribution in [0.4, 0.5) is 8.78 Å². The number of pyridine rings is 1. The van der Waals surface area contributed by atoms with E-state index in [-0.39, 0.29) is 16.5 Å². The van der Waals surface area contributed by atoms with E-state index in [0.717, 1.165) is 6.07 Å². The number of rotatable bonds is 3. The van der Waals surface area contributed by atoms with Crippen molar-refractivity contribution in [2.75, 3.05) is 0 Å². The predicted molar refractivity (Wildman–Crippen MR) is 70.1 cm³/mol. The first kappa shape index (κ1) is 14.2. The molecule has 4 nitrogen and oxygen atoms in total. The van der Waals surface area contributed by atoms with Gasteiger partial charge in [-0.1, -0.05) is 6.92 Å². The molecule has 1 N–H and O–H groups in total. The molecule has 1 aromatic heterocycles. The molecule has 0 atom stereocenters. The maximum atomic E-state index is 13.7. The molecule has 0 unspecified atom stereocenters. The number of hydrogen-bond donors (Lipinski definition) is 1. The van der Waals surface area contributed by atoms with Crippen molar-refractivity contribution in [1.29, 1.82) is 0 Å². The smallest absolute Gasteiger partial charge is 0.341 e. The molecule has 0 aliphatic heterocycles.